The maximum Gasteiger partial charge on any atom is 0.402 e. The van der Waals surface area contributed by atoms with Crippen molar-refractivity contribution in [3.05, 3.63) is 12.4 Å². The molecule has 0 radical (unpaired) electrons. The van der Waals surface area contributed by atoms with Gasteiger partial charge in [0.25, 0.3) is 0 Å². The third-order valence-electron chi connectivity index (χ3n) is 2.51. The molecule has 0 aromatic rings. The molecule has 1 N–H and O–H groups in total. The van der Waals surface area contributed by atoms with Gasteiger partial charge in [0.1, 0.15) is 0 Å². The number of ether oxygens (including phenoxy) is 2. The standard InChI is InChI=1S/C12H17F3O7S/c1-9(13)11(17)21-7-5-3-2-4-6-10(16)22-8-12(14,15)23(18,19)20/h1-8H2,(H,18,19,20). The summed E-state index contributed by atoms with van der Waals surface area (Å²) in [6, 6.07) is 0. The molecule has 0 unspecified atom stereocenters. The van der Waals surface area contributed by atoms with Crippen LogP contribution in [0.2, 0.25) is 0 Å². The molecule has 134 valence electrons. The number of esters is 2. The van der Waals surface area contributed by atoms with Crippen molar-refractivity contribution in [3.8, 4) is 0 Å². The highest BCUT2D eigenvalue weighted by atomic mass is 32.2. The molecule has 23 heavy (non-hydrogen) atoms. The number of alkyl halides is 2. The molecule has 0 aliphatic heterocycles. The first kappa shape index (κ1) is 21.4. The summed E-state index contributed by atoms with van der Waals surface area (Å²) in [4.78, 5) is 21.8. The number of rotatable bonds is 11. The monoisotopic (exact) mass is 362 g/mol. The van der Waals surface area contributed by atoms with Crippen LogP contribution in [0.3, 0.4) is 0 Å². The summed E-state index contributed by atoms with van der Waals surface area (Å²) in [5, 5.41) is -4.55. The molecule has 0 aliphatic rings. The summed E-state index contributed by atoms with van der Waals surface area (Å²) in [5.74, 6) is -3.38. The quantitative estimate of drug-likeness (QED) is 0.259. The average Bonchev–Trinajstić information content (AvgIpc) is 2.42. The van der Waals surface area contributed by atoms with Gasteiger partial charge in [-0.05, 0) is 12.8 Å². The summed E-state index contributed by atoms with van der Waals surface area (Å²) >= 11 is 0. The Morgan fingerprint density at radius 3 is 2.17 bits per heavy atom. The molecule has 0 rings (SSSR count). The van der Waals surface area contributed by atoms with Crippen LogP contribution < -0.4 is 0 Å². The fraction of sp³-hybridized carbons (Fsp3) is 0.667. The SMILES string of the molecule is C=C(F)C(=O)OCCCCCCC(=O)OCC(F)(F)S(=O)(=O)O. The van der Waals surface area contributed by atoms with Gasteiger partial charge < -0.3 is 9.47 Å². The Morgan fingerprint density at radius 2 is 1.65 bits per heavy atom. The van der Waals surface area contributed by atoms with Crippen molar-refractivity contribution in [2.45, 2.75) is 37.4 Å². The zero-order valence-corrected chi connectivity index (χ0v) is 12.9. The van der Waals surface area contributed by atoms with Gasteiger partial charge in [-0.15, -0.1) is 0 Å². The van der Waals surface area contributed by atoms with Crippen LogP contribution in [0.15, 0.2) is 12.4 Å². The third kappa shape index (κ3) is 9.18. The Labute approximate surface area is 131 Å². The number of carbonyl (C=O) groups excluding carboxylic acids is 2. The van der Waals surface area contributed by atoms with E-state index in [2.05, 4.69) is 16.1 Å². The van der Waals surface area contributed by atoms with Crippen molar-refractivity contribution in [2.24, 2.45) is 0 Å². The van der Waals surface area contributed by atoms with Crippen molar-refractivity contribution < 1.29 is 45.2 Å². The molecule has 0 aromatic heterocycles. The van der Waals surface area contributed by atoms with Crippen molar-refractivity contribution in [1.29, 1.82) is 0 Å². The van der Waals surface area contributed by atoms with Gasteiger partial charge in [0.2, 0.25) is 5.83 Å². The Kier molecular flexibility index (Phi) is 8.83. The van der Waals surface area contributed by atoms with E-state index >= 15 is 0 Å². The molecular formula is C12H17F3O7S. The third-order valence-corrected chi connectivity index (χ3v) is 3.38. The van der Waals surface area contributed by atoms with Gasteiger partial charge in [0, 0.05) is 6.42 Å². The summed E-state index contributed by atoms with van der Waals surface area (Å²) in [7, 11) is -5.63. The van der Waals surface area contributed by atoms with Crippen LogP contribution in [0.5, 0.6) is 0 Å². The van der Waals surface area contributed by atoms with Crippen LogP contribution in [0.1, 0.15) is 32.1 Å². The lowest BCUT2D eigenvalue weighted by Crippen LogP contribution is -2.34. The van der Waals surface area contributed by atoms with Crippen molar-refractivity contribution in [2.75, 3.05) is 13.2 Å². The molecule has 0 atom stereocenters. The summed E-state index contributed by atoms with van der Waals surface area (Å²) in [6.07, 6.45) is 1.48. The Hall–Kier alpha value is -1.62. The van der Waals surface area contributed by atoms with E-state index in [1.807, 2.05) is 0 Å². The zero-order chi connectivity index (χ0) is 18.1. The maximum absolute atomic E-state index is 12.8. The highest BCUT2D eigenvalue weighted by Crippen LogP contribution is 2.20. The minimum atomic E-state index is -5.63. The molecule has 0 bridgehead atoms. The second kappa shape index (κ2) is 9.50. The molecule has 0 aliphatic carbocycles. The van der Waals surface area contributed by atoms with Gasteiger partial charge in [-0.25, -0.2) is 4.79 Å². The first-order chi connectivity index (χ1) is 10.5. The maximum atomic E-state index is 12.8. The lowest BCUT2D eigenvalue weighted by Gasteiger charge is -2.12. The number of hydrogen-bond acceptors (Lipinski definition) is 6. The summed E-state index contributed by atoms with van der Waals surface area (Å²) < 4.78 is 75.0. The molecule has 0 saturated carbocycles. The van der Waals surface area contributed by atoms with Gasteiger partial charge in [-0.2, -0.15) is 21.6 Å². The highest BCUT2D eigenvalue weighted by Gasteiger charge is 2.45. The number of unbranched alkanes of at least 4 members (excludes halogenated alkanes) is 3. The molecule has 11 heteroatoms. The topological polar surface area (TPSA) is 107 Å². The fourth-order valence-corrected chi connectivity index (χ4v) is 1.49. The van der Waals surface area contributed by atoms with E-state index < -0.39 is 39.7 Å². The van der Waals surface area contributed by atoms with Crippen LogP contribution in [0.25, 0.3) is 0 Å². The normalized spacial score (nSPS) is 11.8. The van der Waals surface area contributed by atoms with Gasteiger partial charge in [-0.3, -0.25) is 9.35 Å². The van der Waals surface area contributed by atoms with Crippen LogP contribution in [0, 0.1) is 0 Å². The van der Waals surface area contributed by atoms with Crippen LogP contribution in [-0.2, 0) is 29.2 Å². The molecule has 0 fully saturated rings. The first-order valence-corrected chi connectivity index (χ1v) is 7.93. The smallest absolute Gasteiger partial charge is 0.402 e. The number of halogens is 3. The van der Waals surface area contributed by atoms with Crippen LogP contribution in [-0.4, -0.2) is 43.4 Å². The second-order valence-electron chi connectivity index (χ2n) is 4.48. The van der Waals surface area contributed by atoms with E-state index in [9.17, 15) is 31.2 Å². The van der Waals surface area contributed by atoms with Gasteiger partial charge in [0.05, 0.1) is 6.61 Å². The largest absolute Gasteiger partial charge is 0.460 e. The van der Waals surface area contributed by atoms with E-state index in [0.717, 1.165) is 0 Å². The van der Waals surface area contributed by atoms with Crippen molar-refractivity contribution in [3.63, 3.8) is 0 Å². The Bertz CT molecular complexity index is 531. The number of hydrogen-bond donors (Lipinski definition) is 1. The van der Waals surface area contributed by atoms with Crippen molar-refractivity contribution in [1.82, 2.24) is 0 Å². The molecule has 0 saturated heterocycles. The molecule has 7 nitrogen and oxygen atoms in total. The van der Waals surface area contributed by atoms with Crippen molar-refractivity contribution >= 4 is 22.1 Å². The number of carbonyl (C=O) groups is 2. The van der Waals surface area contributed by atoms with Crippen LogP contribution in [0.4, 0.5) is 13.2 Å². The van der Waals surface area contributed by atoms with Crippen LogP contribution >= 0.6 is 0 Å². The summed E-state index contributed by atoms with van der Waals surface area (Å²) in [6.45, 7) is 0.976. The molecule has 0 spiro atoms. The highest BCUT2D eigenvalue weighted by molar-refractivity contribution is 7.86. The Morgan fingerprint density at radius 1 is 1.09 bits per heavy atom. The zero-order valence-electron chi connectivity index (χ0n) is 12.1. The summed E-state index contributed by atoms with van der Waals surface area (Å²) in [5.41, 5.74) is 0. The fourth-order valence-electron chi connectivity index (χ4n) is 1.28. The second-order valence-corrected chi connectivity index (χ2v) is 6.03. The predicted octanol–water partition coefficient (Wildman–Crippen LogP) is 1.99. The lowest BCUT2D eigenvalue weighted by atomic mass is 10.1. The van der Waals surface area contributed by atoms with Gasteiger partial charge in [-0.1, -0.05) is 19.4 Å². The van der Waals surface area contributed by atoms with E-state index in [-0.39, 0.29) is 19.4 Å². The minimum Gasteiger partial charge on any atom is -0.460 e. The van der Waals surface area contributed by atoms with E-state index in [1.54, 1.807) is 0 Å². The van der Waals surface area contributed by atoms with E-state index in [4.69, 9.17) is 4.55 Å². The molecule has 0 amide bonds. The van der Waals surface area contributed by atoms with E-state index in [1.165, 1.54) is 0 Å². The van der Waals surface area contributed by atoms with E-state index in [0.29, 0.717) is 19.3 Å². The average molecular weight is 362 g/mol. The first-order valence-electron chi connectivity index (χ1n) is 6.49. The minimum absolute atomic E-state index is 0.0210. The molecule has 0 aromatic carbocycles. The van der Waals surface area contributed by atoms with Gasteiger partial charge >= 0.3 is 27.3 Å². The molecular weight excluding hydrogens is 345 g/mol. The van der Waals surface area contributed by atoms with Gasteiger partial charge in [0.15, 0.2) is 6.61 Å². The molecule has 0 heterocycles. The predicted molar refractivity (Wildman–Crippen MR) is 71.7 cm³/mol. The lowest BCUT2D eigenvalue weighted by molar-refractivity contribution is -0.149. The Balaban J connectivity index is 3.73.